The topological polar surface area (TPSA) is 89.4 Å². The molecule has 0 bridgehead atoms. The molecule has 0 spiro atoms. The maximum atomic E-state index is 11.3. The van der Waals surface area contributed by atoms with Gasteiger partial charge >= 0.3 is 0 Å². The molecule has 0 amide bonds. The molecule has 4 nitrogen and oxygen atoms in total. The first kappa shape index (κ1) is 23.9. The molecule has 0 aromatic carbocycles. The second-order valence-corrected chi connectivity index (χ2v) is 8.16. The fourth-order valence-corrected chi connectivity index (χ4v) is 3.09. The Labute approximate surface area is 138 Å². The van der Waals surface area contributed by atoms with Gasteiger partial charge in [-0.25, -0.2) is 0 Å². The van der Waals surface area contributed by atoms with E-state index in [-0.39, 0.29) is 6.15 Å². The molecule has 0 aliphatic heterocycles. The van der Waals surface area contributed by atoms with Crippen molar-refractivity contribution >= 4 is 10.1 Å². The highest BCUT2D eigenvalue weighted by Gasteiger charge is 2.33. The molecule has 0 fully saturated rings. The Hall–Kier alpha value is -0.390. The van der Waals surface area contributed by atoms with Crippen LogP contribution in [0.15, 0.2) is 12.7 Å². The SMILES string of the molecule is C=CC(C)(CCCCCCCCCCCCC)S(=O)(=O)O.N. The molecule has 134 valence electrons. The van der Waals surface area contributed by atoms with E-state index in [4.69, 9.17) is 0 Å². The molecular formula is C17H37NO3S. The Kier molecular flexibility index (Phi) is 14.2. The van der Waals surface area contributed by atoms with Crippen LogP contribution in [0.5, 0.6) is 0 Å². The van der Waals surface area contributed by atoms with E-state index in [0.29, 0.717) is 6.42 Å². The third kappa shape index (κ3) is 10.4. The highest BCUT2D eigenvalue weighted by Crippen LogP contribution is 2.25. The Bertz CT molecular complexity index is 368. The summed E-state index contributed by atoms with van der Waals surface area (Å²) in [6.45, 7) is 7.30. The van der Waals surface area contributed by atoms with Crippen LogP contribution < -0.4 is 6.15 Å². The van der Waals surface area contributed by atoms with Crippen molar-refractivity contribution < 1.29 is 13.0 Å². The van der Waals surface area contributed by atoms with E-state index in [1.165, 1.54) is 64.4 Å². The van der Waals surface area contributed by atoms with Gasteiger partial charge < -0.3 is 6.15 Å². The zero-order valence-electron chi connectivity index (χ0n) is 14.6. The van der Waals surface area contributed by atoms with Crippen LogP contribution in [0.3, 0.4) is 0 Å². The average molecular weight is 336 g/mol. The molecule has 0 saturated carbocycles. The van der Waals surface area contributed by atoms with Gasteiger partial charge in [0.2, 0.25) is 0 Å². The normalized spacial score (nSPS) is 14.1. The quantitative estimate of drug-likeness (QED) is 0.243. The Morgan fingerprint density at radius 2 is 1.27 bits per heavy atom. The summed E-state index contributed by atoms with van der Waals surface area (Å²) in [5.74, 6) is 0. The minimum atomic E-state index is -4.05. The van der Waals surface area contributed by atoms with Gasteiger partial charge in [0.25, 0.3) is 10.1 Å². The molecule has 0 aliphatic rings. The fraction of sp³-hybridized carbons (Fsp3) is 0.882. The predicted molar refractivity (Wildman–Crippen MR) is 96.3 cm³/mol. The molecule has 5 heteroatoms. The number of hydrogen-bond donors (Lipinski definition) is 2. The molecule has 0 aromatic rings. The molecule has 22 heavy (non-hydrogen) atoms. The number of unbranched alkanes of at least 4 members (excludes halogenated alkanes) is 10. The molecule has 4 N–H and O–H groups in total. The summed E-state index contributed by atoms with van der Waals surface area (Å²) in [5, 5.41) is 0. The molecular weight excluding hydrogens is 298 g/mol. The summed E-state index contributed by atoms with van der Waals surface area (Å²) >= 11 is 0. The lowest BCUT2D eigenvalue weighted by molar-refractivity contribution is 0.437. The molecule has 0 heterocycles. The van der Waals surface area contributed by atoms with E-state index in [0.717, 1.165) is 19.3 Å². The van der Waals surface area contributed by atoms with Crippen molar-refractivity contribution in [2.24, 2.45) is 0 Å². The Morgan fingerprint density at radius 1 is 0.909 bits per heavy atom. The van der Waals surface area contributed by atoms with Crippen molar-refractivity contribution in [1.82, 2.24) is 6.15 Å². The van der Waals surface area contributed by atoms with Gasteiger partial charge in [-0.3, -0.25) is 4.55 Å². The second-order valence-electron chi connectivity index (χ2n) is 6.28. The first-order chi connectivity index (χ1) is 9.87. The monoisotopic (exact) mass is 335 g/mol. The highest BCUT2D eigenvalue weighted by molar-refractivity contribution is 7.87. The minimum absolute atomic E-state index is 0. The predicted octanol–water partition coefficient (Wildman–Crippen LogP) is 5.68. The van der Waals surface area contributed by atoms with Gasteiger partial charge in [0.15, 0.2) is 0 Å². The maximum absolute atomic E-state index is 11.3. The molecule has 0 radical (unpaired) electrons. The number of hydrogen-bond acceptors (Lipinski definition) is 3. The van der Waals surface area contributed by atoms with Crippen molar-refractivity contribution in [3.05, 3.63) is 12.7 Å². The number of rotatable bonds is 14. The Morgan fingerprint density at radius 3 is 1.59 bits per heavy atom. The summed E-state index contributed by atoms with van der Waals surface area (Å²) in [4.78, 5) is 0. The zero-order chi connectivity index (χ0) is 16.2. The lowest BCUT2D eigenvalue weighted by Gasteiger charge is -2.21. The van der Waals surface area contributed by atoms with Gasteiger partial charge in [-0.05, 0) is 13.3 Å². The van der Waals surface area contributed by atoms with E-state index in [9.17, 15) is 13.0 Å². The van der Waals surface area contributed by atoms with Gasteiger partial charge in [0, 0.05) is 0 Å². The van der Waals surface area contributed by atoms with Crippen molar-refractivity contribution in [1.29, 1.82) is 0 Å². The van der Waals surface area contributed by atoms with Crippen LogP contribution in [-0.2, 0) is 10.1 Å². The molecule has 0 aromatic heterocycles. The van der Waals surface area contributed by atoms with Gasteiger partial charge in [0.05, 0.1) is 0 Å². The molecule has 0 rings (SSSR count). The van der Waals surface area contributed by atoms with Gasteiger partial charge in [0.1, 0.15) is 4.75 Å². The van der Waals surface area contributed by atoms with Crippen LogP contribution in [0.25, 0.3) is 0 Å². The third-order valence-corrected chi connectivity index (χ3v) is 5.85. The van der Waals surface area contributed by atoms with Crippen LogP contribution in [-0.4, -0.2) is 17.7 Å². The minimum Gasteiger partial charge on any atom is -0.344 e. The first-order valence-electron chi connectivity index (χ1n) is 8.48. The van der Waals surface area contributed by atoms with Crippen LogP contribution >= 0.6 is 0 Å². The van der Waals surface area contributed by atoms with Crippen molar-refractivity contribution in [3.8, 4) is 0 Å². The zero-order valence-corrected chi connectivity index (χ0v) is 15.5. The summed E-state index contributed by atoms with van der Waals surface area (Å²) in [6, 6.07) is 0. The Balaban J connectivity index is 0. The first-order valence-corrected chi connectivity index (χ1v) is 9.92. The van der Waals surface area contributed by atoms with Crippen molar-refractivity contribution in [2.45, 2.75) is 95.6 Å². The van der Waals surface area contributed by atoms with E-state index in [1.807, 2.05) is 0 Å². The van der Waals surface area contributed by atoms with E-state index in [1.54, 1.807) is 0 Å². The van der Waals surface area contributed by atoms with Crippen LogP contribution in [0, 0.1) is 0 Å². The second kappa shape index (κ2) is 13.1. The van der Waals surface area contributed by atoms with Crippen LogP contribution in [0.2, 0.25) is 0 Å². The lowest BCUT2D eigenvalue weighted by Crippen LogP contribution is -2.32. The standard InChI is InChI=1S/C17H34O3S.H3N/c1-4-6-7-8-9-10-11-12-13-14-15-16-17(3,5-2)21(18,19)20;/h5H,2,4,6-16H2,1,3H3,(H,18,19,20);1H3. The van der Waals surface area contributed by atoms with Crippen molar-refractivity contribution in [2.75, 3.05) is 0 Å². The van der Waals surface area contributed by atoms with E-state index < -0.39 is 14.9 Å². The fourth-order valence-electron chi connectivity index (χ4n) is 2.48. The summed E-state index contributed by atoms with van der Waals surface area (Å²) < 4.78 is 30.6. The van der Waals surface area contributed by atoms with Gasteiger partial charge in [-0.2, -0.15) is 8.42 Å². The molecule has 0 saturated heterocycles. The van der Waals surface area contributed by atoms with E-state index in [2.05, 4.69) is 13.5 Å². The molecule has 0 aliphatic carbocycles. The average Bonchev–Trinajstić information content (AvgIpc) is 2.43. The molecule has 1 atom stereocenters. The van der Waals surface area contributed by atoms with Crippen LogP contribution in [0.4, 0.5) is 0 Å². The maximum Gasteiger partial charge on any atom is 0.274 e. The van der Waals surface area contributed by atoms with Gasteiger partial charge in [-0.15, -0.1) is 6.58 Å². The van der Waals surface area contributed by atoms with Crippen molar-refractivity contribution in [3.63, 3.8) is 0 Å². The third-order valence-electron chi connectivity index (χ3n) is 4.30. The largest absolute Gasteiger partial charge is 0.344 e. The summed E-state index contributed by atoms with van der Waals surface area (Å²) in [7, 11) is -4.05. The highest BCUT2D eigenvalue weighted by atomic mass is 32.2. The summed E-state index contributed by atoms with van der Waals surface area (Å²) in [5.41, 5.74) is 0. The van der Waals surface area contributed by atoms with Gasteiger partial charge in [-0.1, -0.05) is 83.6 Å². The smallest absolute Gasteiger partial charge is 0.274 e. The summed E-state index contributed by atoms with van der Waals surface area (Å²) in [6.07, 6.45) is 15.3. The van der Waals surface area contributed by atoms with Crippen LogP contribution in [0.1, 0.15) is 90.9 Å². The lowest BCUT2D eigenvalue weighted by atomic mass is 10.0. The molecule has 1 unspecified atom stereocenters. The van der Waals surface area contributed by atoms with E-state index >= 15 is 0 Å².